The Morgan fingerprint density at radius 3 is 2.71 bits per heavy atom. The minimum absolute atomic E-state index is 0.104. The van der Waals surface area contributed by atoms with Gasteiger partial charge in [-0.25, -0.2) is 0 Å². The molecule has 0 saturated carbocycles. The van der Waals surface area contributed by atoms with Crippen molar-refractivity contribution >= 4 is 16.5 Å². The summed E-state index contributed by atoms with van der Waals surface area (Å²) in [7, 11) is 1.62. The number of fused-ring (bicyclic) bond motifs is 2. The fourth-order valence-electron chi connectivity index (χ4n) is 5.24. The van der Waals surface area contributed by atoms with Gasteiger partial charge in [0, 0.05) is 42.9 Å². The summed E-state index contributed by atoms with van der Waals surface area (Å²) in [5, 5.41) is 19.2. The molecule has 0 spiro atoms. The second kappa shape index (κ2) is 10.2. The Balaban J connectivity index is 1.31. The Bertz CT molecular complexity index is 1200. The van der Waals surface area contributed by atoms with Gasteiger partial charge in [-0.15, -0.1) is 0 Å². The number of nitrogens with one attached hydrogen (secondary N) is 2. The number of benzene rings is 2. The summed E-state index contributed by atoms with van der Waals surface area (Å²) in [6.07, 6.45) is 4.23. The smallest absolute Gasteiger partial charge is 0.258 e. The lowest BCUT2D eigenvalue weighted by Gasteiger charge is -2.30. The molecule has 1 aromatic heterocycles. The molecule has 180 valence electrons. The van der Waals surface area contributed by atoms with E-state index in [4.69, 9.17) is 4.74 Å². The SMILES string of the molecule is COc1cn(C[C@H](O)CN2CCc3ccccc3C2)c(=O)c2ccc(NC3CCNCC3)cc12. The summed E-state index contributed by atoms with van der Waals surface area (Å²) in [6.45, 7) is 4.54. The highest BCUT2D eigenvalue weighted by Gasteiger charge is 2.20. The van der Waals surface area contributed by atoms with Crippen LogP contribution in [0.15, 0.2) is 53.5 Å². The van der Waals surface area contributed by atoms with Gasteiger partial charge in [0.15, 0.2) is 0 Å². The van der Waals surface area contributed by atoms with E-state index < -0.39 is 6.10 Å². The molecule has 0 aliphatic carbocycles. The first-order chi connectivity index (χ1) is 16.6. The second-order valence-electron chi connectivity index (χ2n) is 9.49. The van der Waals surface area contributed by atoms with Gasteiger partial charge in [-0.05, 0) is 61.7 Å². The van der Waals surface area contributed by atoms with Crippen molar-refractivity contribution in [3.63, 3.8) is 0 Å². The number of piperidine rings is 1. The predicted octanol–water partition coefficient (Wildman–Crippen LogP) is 2.59. The van der Waals surface area contributed by atoms with Crippen LogP contribution >= 0.6 is 0 Å². The van der Waals surface area contributed by atoms with E-state index in [9.17, 15) is 9.90 Å². The predicted molar refractivity (Wildman–Crippen MR) is 136 cm³/mol. The van der Waals surface area contributed by atoms with Gasteiger partial charge in [-0.1, -0.05) is 24.3 Å². The minimum atomic E-state index is -0.647. The third-order valence-electron chi connectivity index (χ3n) is 7.07. The Morgan fingerprint density at radius 2 is 1.91 bits per heavy atom. The standard InChI is InChI=1S/C27H34N4O3/c1-34-26-18-31(17-23(32)16-30-13-10-19-4-2-3-5-20(19)15-30)27(33)24-7-6-22(14-25(24)26)29-21-8-11-28-12-9-21/h2-7,14,18,21,23,28-29,32H,8-13,15-17H2,1H3/t23-/m1/s1. The molecule has 0 unspecified atom stereocenters. The maximum absolute atomic E-state index is 13.2. The molecule has 1 fully saturated rings. The van der Waals surface area contributed by atoms with Crippen LogP contribution in [0.25, 0.3) is 10.8 Å². The number of rotatable bonds is 7. The summed E-state index contributed by atoms with van der Waals surface area (Å²) in [5.41, 5.74) is 3.60. The van der Waals surface area contributed by atoms with E-state index in [-0.39, 0.29) is 12.1 Å². The van der Waals surface area contributed by atoms with Gasteiger partial charge in [0.1, 0.15) is 5.75 Å². The third-order valence-corrected chi connectivity index (χ3v) is 7.07. The largest absolute Gasteiger partial charge is 0.495 e. The zero-order valence-electron chi connectivity index (χ0n) is 19.8. The Hall–Kier alpha value is -2.87. The molecule has 34 heavy (non-hydrogen) atoms. The van der Waals surface area contributed by atoms with E-state index in [1.54, 1.807) is 17.9 Å². The number of ether oxygens (including phenoxy) is 1. The number of pyridine rings is 1. The van der Waals surface area contributed by atoms with Crippen molar-refractivity contribution in [1.82, 2.24) is 14.8 Å². The molecule has 2 aromatic carbocycles. The van der Waals surface area contributed by atoms with Gasteiger partial charge in [0.05, 0.1) is 25.1 Å². The van der Waals surface area contributed by atoms with E-state index in [1.165, 1.54) is 11.1 Å². The normalized spacial score (nSPS) is 17.9. The number of anilines is 1. The van der Waals surface area contributed by atoms with Crippen LogP contribution in [0.5, 0.6) is 5.75 Å². The van der Waals surface area contributed by atoms with E-state index in [2.05, 4.69) is 39.8 Å². The van der Waals surface area contributed by atoms with Crippen molar-refractivity contribution in [2.45, 2.75) is 44.5 Å². The van der Waals surface area contributed by atoms with Gasteiger partial charge in [-0.2, -0.15) is 0 Å². The van der Waals surface area contributed by atoms with Crippen molar-refractivity contribution in [2.24, 2.45) is 0 Å². The van der Waals surface area contributed by atoms with Gasteiger partial charge in [-0.3, -0.25) is 9.69 Å². The van der Waals surface area contributed by atoms with Crippen LogP contribution in [0.1, 0.15) is 24.0 Å². The first-order valence-electron chi connectivity index (χ1n) is 12.3. The molecule has 0 bridgehead atoms. The van der Waals surface area contributed by atoms with Crippen LogP contribution < -0.4 is 20.9 Å². The van der Waals surface area contributed by atoms with E-state index in [0.717, 1.165) is 56.5 Å². The lowest BCUT2D eigenvalue weighted by atomic mass is 10.00. The number of hydrogen-bond acceptors (Lipinski definition) is 6. The first kappa shape index (κ1) is 22.9. The van der Waals surface area contributed by atoms with Crippen molar-refractivity contribution in [3.8, 4) is 5.75 Å². The van der Waals surface area contributed by atoms with Crippen LogP contribution in [-0.2, 0) is 19.5 Å². The van der Waals surface area contributed by atoms with Crippen LogP contribution in [0.3, 0.4) is 0 Å². The average molecular weight is 463 g/mol. The van der Waals surface area contributed by atoms with Crippen molar-refractivity contribution in [1.29, 1.82) is 0 Å². The molecule has 1 saturated heterocycles. The zero-order chi connectivity index (χ0) is 23.5. The molecule has 0 amide bonds. The van der Waals surface area contributed by atoms with Crippen LogP contribution in [0.4, 0.5) is 5.69 Å². The summed E-state index contributed by atoms with van der Waals surface area (Å²) >= 11 is 0. The highest BCUT2D eigenvalue weighted by molar-refractivity contribution is 5.90. The number of aliphatic hydroxyl groups excluding tert-OH is 1. The molecule has 2 aliphatic rings. The number of aliphatic hydroxyl groups is 1. The third kappa shape index (κ3) is 4.97. The minimum Gasteiger partial charge on any atom is -0.495 e. The van der Waals surface area contributed by atoms with E-state index in [1.807, 2.05) is 18.2 Å². The zero-order valence-corrected chi connectivity index (χ0v) is 19.8. The molecule has 7 heteroatoms. The fraction of sp³-hybridized carbons (Fsp3) is 0.444. The number of nitrogens with zero attached hydrogens (tertiary/aromatic N) is 2. The van der Waals surface area contributed by atoms with Gasteiger partial charge in [0.2, 0.25) is 0 Å². The lowest BCUT2D eigenvalue weighted by molar-refractivity contribution is 0.0909. The first-order valence-corrected chi connectivity index (χ1v) is 12.3. The van der Waals surface area contributed by atoms with Crippen molar-refractivity contribution in [3.05, 3.63) is 70.1 Å². The van der Waals surface area contributed by atoms with Crippen LogP contribution in [0.2, 0.25) is 0 Å². The monoisotopic (exact) mass is 462 g/mol. The Labute approximate surface area is 200 Å². The van der Waals surface area contributed by atoms with Gasteiger partial charge >= 0.3 is 0 Å². The maximum atomic E-state index is 13.2. The number of methoxy groups -OCH3 is 1. The second-order valence-corrected chi connectivity index (χ2v) is 9.49. The molecule has 3 heterocycles. The molecule has 3 N–H and O–H groups in total. The van der Waals surface area contributed by atoms with Crippen molar-refractivity contribution < 1.29 is 9.84 Å². The number of β-amino-alcohol motifs (C(OH)–C–C–N with tert-alkyl or cyclic N) is 1. The molecule has 3 aromatic rings. The molecular formula is C27H34N4O3. The van der Waals surface area contributed by atoms with E-state index >= 15 is 0 Å². The molecule has 0 radical (unpaired) electrons. The quantitative estimate of drug-likeness (QED) is 0.501. The molecular weight excluding hydrogens is 428 g/mol. The van der Waals surface area contributed by atoms with E-state index in [0.29, 0.717) is 23.7 Å². The van der Waals surface area contributed by atoms with Crippen molar-refractivity contribution in [2.75, 3.05) is 38.6 Å². The fourth-order valence-corrected chi connectivity index (χ4v) is 5.24. The maximum Gasteiger partial charge on any atom is 0.258 e. The van der Waals surface area contributed by atoms with Crippen LogP contribution in [-0.4, -0.2) is 60.0 Å². The lowest BCUT2D eigenvalue weighted by Crippen LogP contribution is -2.39. The topological polar surface area (TPSA) is 78.8 Å². The highest BCUT2D eigenvalue weighted by Crippen LogP contribution is 2.27. The summed E-state index contributed by atoms with van der Waals surface area (Å²) in [4.78, 5) is 15.5. The molecule has 1 atom stereocenters. The number of aromatic nitrogens is 1. The summed E-state index contributed by atoms with van der Waals surface area (Å²) < 4.78 is 7.24. The van der Waals surface area contributed by atoms with Gasteiger partial charge in [0.25, 0.3) is 5.56 Å². The van der Waals surface area contributed by atoms with Crippen LogP contribution in [0, 0.1) is 0 Å². The summed E-state index contributed by atoms with van der Waals surface area (Å²) in [6, 6.07) is 14.7. The molecule has 5 rings (SSSR count). The highest BCUT2D eigenvalue weighted by atomic mass is 16.5. The number of hydrogen-bond donors (Lipinski definition) is 3. The van der Waals surface area contributed by atoms with Gasteiger partial charge < -0.3 is 25.0 Å². The molecule has 2 aliphatic heterocycles. The average Bonchev–Trinajstić information content (AvgIpc) is 2.86. The molecule has 7 nitrogen and oxygen atoms in total. The Morgan fingerprint density at radius 1 is 1.12 bits per heavy atom. The summed E-state index contributed by atoms with van der Waals surface area (Å²) in [5.74, 6) is 0.641. The Kier molecular flexibility index (Phi) is 6.85.